The van der Waals surface area contributed by atoms with Gasteiger partial charge in [-0.05, 0) is 19.1 Å². The average Bonchev–Trinajstić information content (AvgIpc) is 2.69. The SMILES string of the molecule is COC(=O)c1ccnc(-n2cc(C)c(N)n2)c1. The highest BCUT2D eigenvalue weighted by molar-refractivity contribution is 5.89. The summed E-state index contributed by atoms with van der Waals surface area (Å²) >= 11 is 0. The van der Waals surface area contributed by atoms with Crippen molar-refractivity contribution in [1.82, 2.24) is 14.8 Å². The summed E-state index contributed by atoms with van der Waals surface area (Å²) in [5.41, 5.74) is 6.93. The lowest BCUT2D eigenvalue weighted by Crippen LogP contribution is -2.05. The van der Waals surface area contributed by atoms with Crippen molar-refractivity contribution in [1.29, 1.82) is 0 Å². The lowest BCUT2D eigenvalue weighted by Gasteiger charge is -2.02. The molecule has 0 aliphatic rings. The molecule has 2 N–H and O–H groups in total. The molecule has 0 fully saturated rings. The van der Waals surface area contributed by atoms with Crippen molar-refractivity contribution < 1.29 is 9.53 Å². The van der Waals surface area contributed by atoms with E-state index in [4.69, 9.17) is 5.73 Å². The Labute approximate surface area is 98.0 Å². The molecule has 0 aliphatic carbocycles. The van der Waals surface area contributed by atoms with Crippen LogP contribution in [0.2, 0.25) is 0 Å². The van der Waals surface area contributed by atoms with E-state index in [1.165, 1.54) is 18.0 Å². The molecule has 2 rings (SSSR count). The Morgan fingerprint density at radius 1 is 1.53 bits per heavy atom. The van der Waals surface area contributed by atoms with Crippen LogP contribution in [-0.4, -0.2) is 27.8 Å². The minimum absolute atomic E-state index is 0.412. The van der Waals surface area contributed by atoms with Crippen LogP contribution in [0.4, 0.5) is 5.82 Å². The summed E-state index contributed by atoms with van der Waals surface area (Å²) in [5.74, 6) is 0.550. The molecule has 6 nitrogen and oxygen atoms in total. The Kier molecular flexibility index (Phi) is 2.78. The monoisotopic (exact) mass is 232 g/mol. The molecule has 17 heavy (non-hydrogen) atoms. The second-order valence-electron chi connectivity index (χ2n) is 3.54. The molecule has 88 valence electrons. The fourth-order valence-electron chi connectivity index (χ4n) is 1.38. The average molecular weight is 232 g/mol. The standard InChI is InChI=1S/C11H12N4O2/c1-7-6-15(14-10(7)12)9-5-8(3-4-13-9)11(16)17-2/h3-6H,1-2H3,(H2,12,14). The summed E-state index contributed by atoms with van der Waals surface area (Å²) in [6, 6.07) is 3.17. The van der Waals surface area contributed by atoms with E-state index in [9.17, 15) is 4.79 Å². The molecule has 0 unspecified atom stereocenters. The van der Waals surface area contributed by atoms with Gasteiger partial charge >= 0.3 is 5.97 Å². The van der Waals surface area contributed by atoms with E-state index in [1.807, 2.05) is 6.92 Å². The van der Waals surface area contributed by atoms with Crippen LogP contribution in [0, 0.1) is 6.92 Å². The molecular weight excluding hydrogens is 220 g/mol. The summed E-state index contributed by atoms with van der Waals surface area (Å²) in [6.45, 7) is 1.85. The lowest BCUT2D eigenvalue weighted by atomic mass is 10.2. The van der Waals surface area contributed by atoms with Crippen LogP contribution in [0.3, 0.4) is 0 Å². The molecule has 0 radical (unpaired) electrons. The number of carbonyl (C=O) groups is 1. The molecule has 0 atom stereocenters. The second kappa shape index (κ2) is 4.25. The Hall–Kier alpha value is -2.37. The van der Waals surface area contributed by atoms with Gasteiger partial charge in [-0.2, -0.15) is 0 Å². The normalized spacial score (nSPS) is 10.2. The first kappa shape index (κ1) is 11.1. The first-order valence-electron chi connectivity index (χ1n) is 4.98. The molecule has 2 heterocycles. The third-order valence-corrected chi connectivity index (χ3v) is 2.34. The van der Waals surface area contributed by atoms with Gasteiger partial charge in [-0.15, -0.1) is 5.10 Å². The summed E-state index contributed by atoms with van der Waals surface area (Å²) < 4.78 is 6.16. The van der Waals surface area contributed by atoms with Gasteiger partial charge in [0.25, 0.3) is 0 Å². The molecule has 2 aromatic heterocycles. The van der Waals surface area contributed by atoms with E-state index >= 15 is 0 Å². The first-order valence-corrected chi connectivity index (χ1v) is 4.98. The smallest absolute Gasteiger partial charge is 0.338 e. The number of anilines is 1. The van der Waals surface area contributed by atoms with Crippen LogP contribution in [0.5, 0.6) is 0 Å². The van der Waals surface area contributed by atoms with Gasteiger partial charge in [-0.1, -0.05) is 0 Å². The number of ether oxygens (including phenoxy) is 1. The minimum atomic E-state index is -0.412. The number of esters is 1. The number of nitrogen functional groups attached to an aromatic ring is 1. The summed E-state index contributed by atoms with van der Waals surface area (Å²) in [7, 11) is 1.33. The summed E-state index contributed by atoms with van der Waals surface area (Å²) in [4.78, 5) is 15.5. The zero-order chi connectivity index (χ0) is 12.4. The highest BCUT2D eigenvalue weighted by Gasteiger charge is 2.09. The van der Waals surface area contributed by atoms with Gasteiger partial charge in [0.05, 0.1) is 12.7 Å². The Morgan fingerprint density at radius 2 is 2.29 bits per heavy atom. The fraction of sp³-hybridized carbons (Fsp3) is 0.182. The Balaban J connectivity index is 2.42. The number of carbonyl (C=O) groups excluding carboxylic acids is 1. The topological polar surface area (TPSA) is 83.0 Å². The number of nitrogens with zero attached hydrogens (tertiary/aromatic N) is 3. The van der Waals surface area contributed by atoms with Crippen LogP contribution in [-0.2, 0) is 4.74 Å². The van der Waals surface area contributed by atoms with Crippen LogP contribution < -0.4 is 5.73 Å². The van der Waals surface area contributed by atoms with Crippen molar-refractivity contribution in [2.75, 3.05) is 12.8 Å². The molecule has 0 amide bonds. The van der Waals surface area contributed by atoms with Crippen molar-refractivity contribution in [3.05, 3.63) is 35.7 Å². The van der Waals surface area contributed by atoms with Crippen molar-refractivity contribution in [2.24, 2.45) is 0 Å². The van der Waals surface area contributed by atoms with E-state index < -0.39 is 5.97 Å². The van der Waals surface area contributed by atoms with Gasteiger partial charge in [-0.25, -0.2) is 14.5 Å². The first-order chi connectivity index (χ1) is 8.11. The van der Waals surface area contributed by atoms with Gasteiger partial charge < -0.3 is 10.5 Å². The van der Waals surface area contributed by atoms with Crippen LogP contribution >= 0.6 is 0 Å². The summed E-state index contributed by atoms with van der Waals surface area (Å²) in [5, 5.41) is 4.09. The van der Waals surface area contributed by atoms with Crippen molar-refractivity contribution in [2.45, 2.75) is 6.92 Å². The number of methoxy groups -OCH3 is 1. The third-order valence-electron chi connectivity index (χ3n) is 2.34. The highest BCUT2D eigenvalue weighted by atomic mass is 16.5. The molecule has 0 bridgehead atoms. The van der Waals surface area contributed by atoms with Crippen LogP contribution in [0.25, 0.3) is 5.82 Å². The maximum absolute atomic E-state index is 11.4. The quantitative estimate of drug-likeness (QED) is 0.779. The predicted molar refractivity (Wildman–Crippen MR) is 61.8 cm³/mol. The zero-order valence-electron chi connectivity index (χ0n) is 9.54. The molecule has 0 saturated heterocycles. The van der Waals surface area contributed by atoms with E-state index in [-0.39, 0.29) is 0 Å². The van der Waals surface area contributed by atoms with Gasteiger partial charge in [0.15, 0.2) is 5.82 Å². The maximum Gasteiger partial charge on any atom is 0.338 e. The van der Waals surface area contributed by atoms with Gasteiger partial charge in [0.2, 0.25) is 0 Å². The second-order valence-corrected chi connectivity index (χ2v) is 3.54. The summed E-state index contributed by atoms with van der Waals surface area (Å²) in [6.07, 6.45) is 3.27. The van der Waals surface area contributed by atoms with E-state index in [1.54, 1.807) is 18.3 Å². The van der Waals surface area contributed by atoms with Crippen molar-refractivity contribution in [3.8, 4) is 5.82 Å². The van der Waals surface area contributed by atoms with E-state index in [2.05, 4.69) is 14.8 Å². The molecule has 0 aromatic carbocycles. The van der Waals surface area contributed by atoms with Crippen molar-refractivity contribution >= 4 is 11.8 Å². The molecule has 0 spiro atoms. The number of rotatable bonds is 2. The lowest BCUT2D eigenvalue weighted by molar-refractivity contribution is 0.0600. The highest BCUT2D eigenvalue weighted by Crippen LogP contribution is 2.12. The largest absolute Gasteiger partial charge is 0.465 e. The Bertz CT molecular complexity index is 543. The van der Waals surface area contributed by atoms with E-state index in [0.29, 0.717) is 17.2 Å². The molecular formula is C11H12N4O2. The molecule has 2 aromatic rings. The number of pyridine rings is 1. The zero-order valence-corrected chi connectivity index (χ0v) is 9.54. The number of hydrogen-bond donors (Lipinski definition) is 1. The number of nitrogens with two attached hydrogens (primary N) is 1. The minimum Gasteiger partial charge on any atom is -0.465 e. The predicted octanol–water partition coefficient (Wildman–Crippen LogP) is 0.945. The Morgan fingerprint density at radius 3 is 2.88 bits per heavy atom. The number of aromatic nitrogens is 3. The van der Waals surface area contributed by atoms with E-state index in [0.717, 1.165) is 5.56 Å². The number of hydrogen-bond acceptors (Lipinski definition) is 5. The van der Waals surface area contributed by atoms with Crippen LogP contribution in [0.15, 0.2) is 24.5 Å². The van der Waals surface area contributed by atoms with Gasteiger partial charge in [0.1, 0.15) is 5.82 Å². The van der Waals surface area contributed by atoms with Crippen LogP contribution in [0.1, 0.15) is 15.9 Å². The van der Waals surface area contributed by atoms with Crippen molar-refractivity contribution in [3.63, 3.8) is 0 Å². The van der Waals surface area contributed by atoms with Gasteiger partial charge in [-0.3, -0.25) is 0 Å². The fourth-order valence-corrected chi connectivity index (χ4v) is 1.38. The molecule has 0 saturated carbocycles. The van der Waals surface area contributed by atoms with Gasteiger partial charge in [0, 0.05) is 18.0 Å². The maximum atomic E-state index is 11.4. The number of aryl methyl sites for hydroxylation is 1. The molecule has 0 aliphatic heterocycles. The molecule has 6 heteroatoms. The third kappa shape index (κ3) is 2.10.